The Hall–Kier alpha value is -3.95. The molecule has 2 amide bonds. The summed E-state index contributed by atoms with van der Waals surface area (Å²) >= 11 is 0. The van der Waals surface area contributed by atoms with Crippen LogP contribution in [-0.2, 0) is 20.8 Å². The number of benzene rings is 1. The average Bonchev–Trinajstić information content (AvgIpc) is 2.87. The third kappa shape index (κ3) is 3.43. The number of anilines is 1. The maximum atomic E-state index is 13.3. The van der Waals surface area contributed by atoms with Crippen LogP contribution in [0.25, 0.3) is 5.76 Å². The molecule has 0 saturated carbocycles. The smallest absolute Gasteiger partial charge is 0.349 e. The van der Waals surface area contributed by atoms with E-state index in [2.05, 4.69) is 10.3 Å². The van der Waals surface area contributed by atoms with Gasteiger partial charge in [-0.1, -0.05) is 12.1 Å². The fourth-order valence-electron chi connectivity index (χ4n) is 3.78. The largest absolute Gasteiger partial charge is 0.505 e. The van der Waals surface area contributed by atoms with Gasteiger partial charge in [0, 0.05) is 25.2 Å². The molecule has 0 aliphatic carbocycles. The van der Waals surface area contributed by atoms with Crippen LogP contribution in [0.15, 0.2) is 36.0 Å². The molecule has 0 fully saturated rings. The number of halogens is 1. The minimum absolute atomic E-state index is 0.0558. The zero-order chi connectivity index (χ0) is 23.2. The molecule has 166 valence electrons. The maximum Gasteiger partial charge on any atom is 0.349 e. The van der Waals surface area contributed by atoms with E-state index in [1.807, 2.05) is 0 Å². The van der Waals surface area contributed by atoms with Gasteiger partial charge in [-0.2, -0.15) is 0 Å². The van der Waals surface area contributed by atoms with Crippen LogP contribution in [0.4, 0.5) is 10.1 Å². The molecule has 4 rings (SSSR count). The summed E-state index contributed by atoms with van der Waals surface area (Å²) in [6, 6.07) is 5.72. The summed E-state index contributed by atoms with van der Waals surface area (Å²) in [5.74, 6) is -3.33. The highest BCUT2D eigenvalue weighted by Crippen LogP contribution is 2.46. The van der Waals surface area contributed by atoms with Gasteiger partial charge in [-0.25, -0.2) is 9.18 Å². The van der Waals surface area contributed by atoms with E-state index in [0.717, 1.165) is 0 Å². The summed E-state index contributed by atoms with van der Waals surface area (Å²) in [7, 11) is 1.37. The van der Waals surface area contributed by atoms with Crippen molar-refractivity contribution in [2.24, 2.45) is 0 Å². The molecule has 0 unspecified atom stereocenters. The SMILES string of the molecule is CNC(=O)C1=C(O)c2ncc(Cc3ccc(F)cc3)c3c2N(C[C@](C)(C(=O)O)O3)C(=O)C1. The lowest BCUT2D eigenvalue weighted by atomic mass is 9.98. The number of nitrogens with one attached hydrogen (secondary N) is 1. The van der Waals surface area contributed by atoms with Gasteiger partial charge in [-0.3, -0.25) is 14.6 Å². The Bertz CT molecular complexity index is 1180. The summed E-state index contributed by atoms with van der Waals surface area (Å²) in [6.45, 7) is 1.00. The Morgan fingerprint density at radius 3 is 2.62 bits per heavy atom. The van der Waals surface area contributed by atoms with Gasteiger partial charge >= 0.3 is 5.97 Å². The molecule has 9 nitrogen and oxygen atoms in total. The van der Waals surface area contributed by atoms with Gasteiger partial charge in [0.2, 0.25) is 11.5 Å². The van der Waals surface area contributed by atoms with E-state index >= 15 is 0 Å². The van der Waals surface area contributed by atoms with Crippen LogP contribution >= 0.6 is 0 Å². The van der Waals surface area contributed by atoms with Crippen molar-refractivity contribution < 1.29 is 33.7 Å². The number of hydrogen-bond acceptors (Lipinski definition) is 6. The zero-order valence-corrected chi connectivity index (χ0v) is 17.3. The molecule has 1 atom stereocenters. The number of ether oxygens (including phenoxy) is 1. The molecule has 2 aliphatic rings. The van der Waals surface area contributed by atoms with Crippen molar-refractivity contribution in [1.82, 2.24) is 10.3 Å². The van der Waals surface area contributed by atoms with Crippen molar-refractivity contribution in [3.05, 3.63) is 58.7 Å². The van der Waals surface area contributed by atoms with Crippen LogP contribution in [0.3, 0.4) is 0 Å². The molecule has 0 bridgehead atoms. The van der Waals surface area contributed by atoms with Crippen LogP contribution in [0.1, 0.15) is 30.2 Å². The van der Waals surface area contributed by atoms with Crippen molar-refractivity contribution in [3.8, 4) is 5.75 Å². The molecule has 3 heterocycles. The van der Waals surface area contributed by atoms with Crippen molar-refractivity contribution in [2.75, 3.05) is 18.5 Å². The number of aliphatic hydroxyl groups is 1. The molecule has 3 N–H and O–H groups in total. The first-order valence-electron chi connectivity index (χ1n) is 9.78. The normalized spacial score (nSPS) is 19.7. The Kier molecular flexibility index (Phi) is 5.08. The van der Waals surface area contributed by atoms with Crippen LogP contribution in [0, 0.1) is 5.82 Å². The Balaban J connectivity index is 1.93. The molecule has 2 aliphatic heterocycles. The molecule has 32 heavy (non-hydrogen) atoms. The number of hydrogen-bond donors (Lipinski definition) is 3. The second-order valence-corrected chi connectivity index (χ2v) is 7.81. The van der Waals surface area contributed by atoms with E-state index in [9.17, 15) is 29.0 Å². The van der Waals surface area contributed by atoms with E-state index in [1.165, 1.54) is 37.2 Å². The Morgan fingerprint density at radius 1 is 1.31 bits per heavy atom. The lowest BCUT2D eigenvalue weighted by Gasteiger charge is -2.40. The van der Waals surface area contributed by atoms with E-state index in [4.69, 9.17) is 4.74 Å². The minimum atomic E-state index is -1.77. The van der Waals surface area contributed by atoms with Crippen LogP contribution in [0.2, 0.25) is 0 Å². The monoisotopic (exact) mass is 441 g/mol. The van der Waals surface area contributed by atoms with Crippen molar-refractivity contribution in [1.29, 1.82) is 0 Å². The fraction of sp³-hybridized carbons (Fsp3) is 0.273. The highest BCUT2D eigenvalue weighted by Gasteiger charge is 2.48. The highest BCUT2D eigenvalue weighted by atomic mass is 19.1. The van der Waals surface area contributed by atoms with Crippen molar-refractivity contribution in [2.45, 2.75) is 25.4 Å². The van der Waals surface area contributed by atoms with Crippen molar-refractivity contribution in [3.63, 3.8) is 0 Å². The van der Waals surface area contributed by atoms with Crippen LogP contribution in [0.5, 0.6) is 5.75 Å². The van der Waals surface area contributed by atoms with Gasteiger partial charge in [-0.05, 0) is 24.6 Å². The number of carbonyl (C=O) groups excluding carboxylic acids is 2. The number of aromatic nitrogens is 1. The number of pyridine rings is 1. The number of carbonyl (C=O) groups is 3. The predicted octanol–water partition coefficient (Wildman–Crippen LogP) is 1.80. The minimum Gasteiger partial charge on any atom is -0.505 e. The molecule has 0 spiro atoms. The molecule has 1 aromatic heterocycles. The topological polar surface area (TPSA) is 129 Å². The Morgan fingerprint density at radius 2 is 2.00 bits per heavy atom. The summed E-state index contributed by atoms with van der Waals surface area (Å²) in [5.41, 5.74) is -0.759. The average molecular weight is 441 g/mol. The number of amides is 2. The van der Waals surface area contributed by atoms with Gasteiger partial charge in [0.05, 0.1) is 18.5 Å². The summed E-state index contributed by atoms with van der Waals surface area (Å²) < 4.78 is 19.2. The first-order chi connectivity index (χ1) is 15.1. The van der Waals surface area contributed by atoms with E-state index < -0.39 is 41.4 Å². The number of carboxylic acids is 1. The molecule has 10 heteroatoms. The second kappa shape index (κ2) is 7.63. The first-order valence-corrected chi connectivity index (χ1v) is 9.78. The van der Waals surface area contributed by atoms with E-state index in [0.29, 0.717) is 11.1 Å². The zero-order valence-electron chi connectivity index (χ0n) is 17.3. The van der Waals surface area contributed by atoms with Gasteiger partial charge in [0.1, 0.15) is 17.2 Å². The molecule has 1 aromatic carbocycles. The standard InChI is InChI=1S/C22H20FN3O6/c1-22(21(30)31)10-26-15(27)8-14(20(29)24-2)18(28)16-17(26)19(32-22)12(9-25-16)7-11-3-5-13(23)6-4-11/h3-6,9,28H,7-8,10H2,1-2H3,(H,24,29)(H,30,31)/t22-/m1/s1. The number of rotatable bonds is 4. The number of carboxylic acid groups (broad SMARTS) is 1. The molecule has 0 saturated heterocycles. The second-order valence-electron chi connectivity index (χ2n) is 7.81. The fourth-order valence-corrected chi connectivity index (χ4v) is 3.78. The molecule has 2 aromatic rings. The van der Waals surface area contributed by atoms with Gasteiger partial charge in [-0.15, -0.1) is 0 Å². The van der Waals surface area contributed by atoms with Crippen molar-refractivity contribution >= 4 is 29.2 Å². The molecular weight excluding hydrogens is 421 g/mol. The quantitative estimate of drug-likeness (QED) is 0.660. The highest BCUT2D eigenvalue weighted by molar-refractivity contribution is 6.11. The van der Waals surface area contributed by atoms with Crippen LogP contribution < -0.4 is 15.0 Å². The van der Waals surface area contributed by atoms with Gasteiger partial charge in [0.15, 0.2) is 11.5 Å². The summed E-state index contributed by atoms with van der Waals surface area (Å²) in [4.78, 5) is 42.8. The number of likely N-dealkylation sites (N-methyl/N-ethyl adjacent to an activating group) is 1. The number of nitrogens with zero attached hydrogens (tertiary/aromatic N) is 2. The van der Waals surface area contributed by atoms with Gasteiger partial charge < -0.3 is 25.2 Å². The lowest BCUT2D eigenvalue weighted by molar-refractivity contribution is -0.153. The maximum absolute atomic E-state index is 13.3. The lowest BCUT2D eigenvalue weighted by Crippen LogP contribution is -2.56. The predicted molar refractivity (Wildman–Crippen MR) is 111 cm³/mol. The Labute approximate surface area is 182 Å². The number of aliphatic carboxylic acids is 1. The van der Waals surface area contributed by atoms with Crippen LogP contribution in [-0.4, -0.2) is 52.2 Å². The third-order valence-corrected chi connectivity index (χ3v) is 5.54. The van der Waals surface area contributed by atoms with E-state index in [1.54, 1.807) is 12.1 Å². The number of aliphatic hydroxyl groups excluding tert-OH is 1. The molecule has 0 radical (unpaired) electrons. The first kappa shape index (κ1) is 21.3. The summed E-state index contributed by atoms with van der Waals surface area (Å²) in [5, 5.41) is 23.0. The van der Waals surface area contributed by atoms with E-state index in [-0.39, 0.29) is 35.7 Å². The van der Waals surface area contributed by atoms with Gasteiger partial charge in [0.25, 0.3) is 5.91 Å². The third-order valence-electron chi connectivity index (χ3n) is 5.54. The summed E-state index contributed by atoms with van der Waals surface area (Å²) in [6.07, 6.45) is 1.15. The molecular formula is C22H20FN3O6.